The number of hydrogen-bond acceptors (Lipinski definition) is 2. The van der Waals surface area contributed by atoms with Crippen molar-refractivity contribution in [3.63, 3.8) is 0 Å². The van der Waals surface area contributed by atoms with Gasteiger partial charge in [0.2, 0.25) is 0 Å². The van der Waals surface area contributed by atoms with Crippen LogP contribution in [0, 0.1) is 0 Å². The Kier molecular flexibility index (Phi) is 1.77. The van der Waals surface area contributed by atoms with Crippen molar-refractivity contribution in [3.8, 4) is 5.75 Å². The molecule has 0 aliphatic carbocycles. The molecule has 1 N–H and O–H groups in total. The average Bonchev–Trinajstić information content (AvgIpc) is 2.47. The summed E-state index contributed by atoms with van der Waals surface area (Å²) in [5, 5.41) is 1.04. The van der Waals surface area contributed by atoms with Crippen LogP contribution < -0.4 is 4.74 Å². The number of methoxy groups -OCH3 is 1. The van der Waals surface area contributed by atoms with Gasteiger partial charge >= 0.3 is 0 Å². The number of aromatic nitrogens is 2. The lowest BCUT2D eigenvalue weighted by Gasteiger charge is -1.97. The Morgan fingerprint density at radius 1 is 1.58 bits per heavy atom. The van der Waals surface area contributed by atoms with Crippen molar-refractivity contribution in [3.05, 3.63) is 22.9 Å². The van der Waals surface area contributed by atoms with Crippen molar-refractivity contribution in [1.82, 2.24) is 9.97 Å². The predicted octanol–water partition coefficient (Wildman–Crippen LogP) is 2.33. The zero-order valence-corrected chi connectivity index (χ0v) is 8.05. The number of nitrogens with zero attached hydrogens (tertiary/aromatic N) is 1. The normalized spacial score (nSPS) is 10.5. The highest BCUT2D eigenvalue weighted by atomic mass is 79.9. The van der Waals surface area contributed by atoms with Crippen molar-refractivity contribution in [2.45, 2.75) is 0 Å². The molecule has 12 heavy (non-hydrogen) atoms. The molecule has 2 rings (SSSR count). The van der Waals surface area contributed by atoms with Crippen molar-refractivity contribution >= 4 is 27.0 Å². The second-order valence-electron chi connectivity index (χ2n) is 2.41. The van der Waals surface area contributed by atoms with E-state index in [-0.39, 0.29) is 0 Å². The molecule has 0 unspecified atom stereocenters. The van der Waals surface area contributed by atoms with Crippen LogP contribution in [-0.2, 0) is 0 Å². The maximum atomic E-state index is 5.05. The first kappa shape index (κ1) is 7.61. The van der Waals surface area contributed by atoms with Crippen LogP contribution in [0.3, 0.4) is 0 Å². The minimum Gasteiger partial charge on any atom is -0.495 e. The summed E-state index contributed by atoms with van der Waals surface area (Å²) in [5.41, 5.74) is 0.864. The minimum absolute atomic E-state index is 0.766. The van der Waals surface area contributed by atoms with Crippen LogP contribution in [-0.4, -0.2) is 17.1 Å². The summed E-state index contributed by atoms with van der Waals surface area (Å²) in [6, 6.07) is 1.93. The van der Waals surface area contributed by atoms with E-state index in [4.69, 9.17) is 4.74 Å². The van der Waals surface area contributed by atoms with E-state index < -0.39 is 0 Å². The van der Waals surface area contributed by atoms with Gasteiger partial charge in [-0.05, 0) is 22.0 Å². The van der Waals surface area contributed by atoms with Crippen molar-refractivity contribution in [2.75, 3.05) is 7.11 Å². The highest BCUT2D eigenvalue weighted by Gasteiger charge is 2.02. The van der Waals surface area contributed by atoms with Gasteiger partial charge in [0.05, 0.1) is 13.3 Å². The fourth-order valence-corrected chi connectivity index (χ4v) is 1.48. The van der Waals surface area contributed by atoms with Gasteiger partial charge in [-0.25, -0.2) is 4.98 Å². The summed E-state index contributed by atoms with van der Waals surface area (Å²) in [7, 11) is 1.63. The molecule has 2 aromatic rings. The first-order valence-electron chi connectivity index (χ1n) is 3.48. The van der Waals surface area contributed by atoms with E-state index in [0.29, 0.717) is 0 Å². The Labute approximate surface area is 77.9 Å². The summed E-state index contributed by atoms with van der Waals surface area (Å²) in [6.07, 6.45) is 3.54. The maximum absolute atomic E-state index is 5.05. The molecule has 4 heteroatoms. The second-order valence-corrected chi connectivity index (χ2v) is 3.26. The van der Waals surface area contributed by atoms with Gasteiger partial charge in [0.1, 0.15) is 11.4 Å². The number of hydrogen-bond donors (Lipinski definition) is 1. The highest BCUT2D eigenvalue weighted by Crippen LogP contribution is 2.24. The smallest absolute Gasteiger partial charge is 0.138 e. The lowest BCUT2D eigenvalue weighted by Crippen LogP contribution is -1.83. The Bertz CT molecular complexity index is 410. The van der Waals surface area contributed by atoms with E-state index in [1.807, 2.05) is 12.3 Å². The van der Waals surface area contributed by atoms with E-state index in [1.165, 1.54) is 0 Å². The molecule has 0 atom stereocenters. The summed E-state index contributed by atoms with van der Waals surface area (Å²) < 4.78 is 6.05. The van der Waals surface area contributed by atoms with E-state index >= 15 is 0 Å². The number of aromatic amines is 1. The van der Waals surface area contributed by atoms with E-state index in [1.54, 1.807) is 13.3 Å². The molecule has 2 heterocycles. The van der Waals surface area contributed by atoms with Crippen LogP contribution in [0.4, 0.5) is 0 Å². The molecule has 0 aromatic carbocycles. The standard InChI is InChI=1S/C8H7BrN2O/c1-12-5-2-6-7(9)4-11-8(6)10-3-5/h2-4H,1H3,(H,10,11). The van der Waals surface area contributed by atoms with Crippen molar-refractivity contribution < 1.29 is 4.74 Å². The molecular formula is C8H7BrN2O. The molecule has 0 amide bonds. The highest BCUT2D eigenvalue weighted by molar-refractivity contribution is 9.10. The molecule has 0 spiro atoms. The number of nitrogens with one attached hydrogen (secondary N) is 1. The maximum Gasteiger partial charge on any atom is 0.138 e. The Hall–Kier alpha value is -1.03. The van der Waals surface area contributed by atoms with E-state index in [9.17, 15) is 0 Å². The van der Waals surface area contributed by atoms with Gasteiger partial charge < -0.3 is 9.72 Å². The molecule has 3 nitrogen and oxygen atoms in total. The summed E-state index contributed by atoms with van der Waals surface area (Å²) in [4.78, 5) is 7.19. The first-order valence-corrected chi connectivity index (χ1v) is 4.27. The van der Waals surface area contributed by atoms with Gasteiger partial charge in [0.15, 0.2) is 0 Å². The van der Waals surface area contributed by atoms with Gasteiger partial charge in [0.25, 0.3) is 0 Å². The second kappa shape index (κ2) is 2.79. The largest absolute Gasteiger partial charge is 0.495 e. The van der Waals surface area contributed by atoms with Gasteiger partial charge in [-0.1, -0.05) is 0 Å². The first-order chi connectivity index (χ1) is 5.81. The lowest BCUT2D eigenvalue weighted by atomic mass is 10.3. The summed E-state index contributed by atoms with van der Waals surface area (Å²) in [5.74, 6) is 0.766. The third-order valence-electron chi connectivity index (χ3n) is 1.69. The lowest BCUT2D eigenvalue weighted by molar-refractivity contribution is 0.413. The van der Waals surface area contributed by atoms with Gasteiger partial charge in [-0.15, -0.1) is 0 Å². The molecule has 62 valence electrons. The minimum atomic E-state index is 0.766. The Balaban J connectivity index is 2.71. The quantitative estimate of drug-likeness (QED) is 0.811. The number of rotatable bonds is 1. The number of fused-ring (bicyclic) bond motifs is 1. The number of H-pyrrole nitrogens is 1. The van der Waals surface area contributed by atoms with Gasteiger partial charge in [-0.2, -0.15) is 0 Å². The molecule has 0 aliphatic rings. The van der Waals surface area contributed by atoms with Crippen LogP contribution in [0.2, 0.25) is 0 Å². The molecular weight excluding hydrogens is 220 g/mol. The monoisotopic (exact) mass is 226 g/mol. The van der Waals surface area contributed by atoms with Crippen molar-refractivity contribution in [2.24, 2.45) is 0 Å². The zero-order valence-electron chi connectivity index (χ0n) is 6.47. The number of pyridine rings is 1. The Morgan fingerprint density at radius 2 is 2.42 bits per heavy atom. The third kappa shape index (κ3) is 1.08. The molecule has 0 saturated heterocycles. The molecule has 0 saturated carbocycles. The SMILES string of the molecule is COc1cnc2[nH]cc(Br)c2c1. The van der Waals surface area contributed by atoms with Crippen LogP contribution in [0.1, 0.15) is 0 Å². The molecule has 0 fully saturated rings. The van der Waals surface area contributed by atoms with Crippen LogP contribution >= 0.6 is 15.9 Å². The van der Waals surface area contributed by atoms with E-state index in [2.05, 4.69) is 25.9 Å². The van der Waals surface area contributed by atoms with Crippen LogP contribution in [0.5, 0.6) is 5.75 Å². The van der Waals surface area contributed by atoms with Crippen molar-refractivity contribution in [1.29, 1.82) is 0 Å². The molecule has 0 aliphatic heterocycles. The zero-order chi connectivity index (χ0) is 8.55. The Morgan fingerprint density at radius 3 is 3.17 bits per heavy atom. The number of halogens is 1. The summed E-state index contributed by atoms with van der Waals surface area (Å²) >= 11 is 3.40. The molecule has 0 radical (unpaired) electrons. The van der Waals surface area contributed by atoms with Gasteiger partial charge in [0, 0.05) is 16.1 Å². The van der Waals surface area contributed by atoms with Crippen LogP contribution in [0.25, 0.3) is 11.0 Å². The summed E-state index contributed by atoms with van der Waals surface area (Å²) in [6.45, 7) is 0. The third-order valence-corrected chi connectivity index (χ3v) is 2.35. The van der Waals surface area contributed by atoms with Crippen LogP contribution in [0.15, 0.2) is 22.9 Å². The molecule has 2 aromatic heterocycles. The number of ether oxygens (including phenoxy) is 1. The molecule has 0 bridgehead atoms. The van der Waals surface area contributed by atoms with E-state index in [0.717, 1.165) is 21.3 Å². The average molecular weight is 227 g/mol. The fourth-order valence-electron chi connectivity index (χ4n) is 1.06. The van der Waals surface area contributed by atoms with Gasteiger partial charge in [-0.3, -0.25) is 0 Å². The fraction of sp³-hybridized carbons (Fsp3) is 0.125. The topological polar surface area (TPSA) is 37.9 Å². The predicted molar refractivity (Wildman–Crippen MR) is 50.3 cm³/mol.